The number of nitrogens with two attached hydrogens (primary N) is 1. The van der Waals surface area contributed by atoms with Gasteiger partial charge >= 0.3 is 0 Å². The van der Waals surface area contributed by atoms with E-state index in [-0.39, 0.29) is 0 Å². The lowest BCUT2D eigenvalue weighted by Crippen LogP contribution is -1.99. The van der Waals surface area contributed by atoms with E-state index >= 15 is 0 Å². The van der Waals surface area contributed by atoms with Gasteiger partial charge in [0.25, 0.3) is 0 Å². The molecule has 1 nitrogen and oxygen atoms in total. The Morgan fingerprint density at radius 2 is 1.91 bits per heavy atom. The molecule has 0 heterocycles. The zero-order valence-corrected chi connectivity index (χ0v) is 8.57. The number of thiol groups is 1. The fraction of sp³-hybridized carbons (Fsp3) is 0.556. The van der Waals surface area contributed by atoms with E-state index in [2.05, 4.69) is 40.0 Å². The first-order chi connectivity index (χ1) is 5.08. The lowest BCUT2D eigenvalue weighted by Gasteiger charge is -1.88. The zero-order valence-electron chi connectivity index (χ0n) is 7.67. The summed E-state index contributed by atoms with van der Waals surface area (Å²) in [5, 5.41) is 1.65. The van der Waals surface area contributed by atoms with Crippen molar-refractivity contribution in [1.29, 1.82) is 0 Å². The van der Waals surface area contributed by atoms with Crippen molar-refractivity contribution >= 4 is 12.6 Å². The van der Waals surface area contributed by atoms with Crippen LogP contribution in [0.3, 0.4) is 0 Å². The molecule has 11 heavy (non-hydrogen) atoms. The minimum absolute atomic E-state index is 0.521. The highest BCUT2D eigenvalue weighted by Crippen LogP contribution is 1.92. The lowest BCUT2D eigenvalue weighted by atomic mass is 10.3. The van der Waals surface area contributed by atoms with Crippen molar-refractivity contribution in [3.63, 3.8) is 0 Å². The predicted molar refractivity (Wildman–Crippen MR) is 56.8 cm³/mol. The van der Waals surface area contributed by atoms with E-state index in [9.17, 15) is 0 Å². The van der Waals surface area contributed by atoms with Crippen molar-refractivity contribution in [2.75, 3.05) is 6.54 Å². The average Bonchev–Trinajstić information content (AvgIpc) is 1.90. The van der Waals surface area contributed by atoms with Crippen molar-refractivity contribution in [1.82, 2.24) is 0 Å². The summed E-state index contributed by atoms with van der Waals surface area (Å²) in [6, 6.07) is 0. The molecule has 0 atom stereocenters. The van der Waals surface area contributed by atoms with Crippen molar-refractivity contribution in [2.45, 2.75) is 20.8 Å². The third kappa shape index (κ3) is 17.7. The van der Waals surface area contributed by atoms with E-state index < -0.39 is 0 Å². The maximum atomic E-state index is 5.21. The maximum absolute atomic E-state index is 5.21. The van der Waals surface area contributed by atoms with E-state index in [1.807, 2.05) is 0 Å². The third-order valence-corrected chi connectivity index (χ3v) is 0.995. The molecule has 0 fully saturated rings. The second-order valence-electron chi connectivity index (χ2n) is 2.84. The summed E-state index contributed by atoms with van der Waals surface area (Å²) in [6.07, 6.45) is 1.69. The molecule has 0 bridgehead atoms. The Morgan fingerprint density at radius 1 is 1.55 bits per heavy atom. The highest BCUT2D eigenvalue weighted by Gasteiger charge is 1.78. The molecule has 0 aromatic heterocycles. The topological polar surface area (TPSA) is 26.0 Å². The lowest BCUT2D eigenvalue weighted by molar-refractivity contribution is 0.737. The molecular formula is C9H19NS. The van der Waals surface area contributed by atoms with Crippen LogP contribution in [0.1, 0.15) is 20.8 Å². The Bertz CT molecular complexity index is 114. The summed E-state index contributed by atoms with van der Waals surface area (Å²) in [5.74, 6) is 0.833. The molecule has 2 N–H and O–H groups in total. The Balaban J connectivity index is 0. The van der Waals surface area contributed by atoms with Crippen molar-refractivity contribution in [3.05, 3.63) is 23.6 Å². The molecule has 0 aliphatic heterocycles. The first-order valence-electron chi connectivity index (χ1n) is 3.74. The molecule has 0 aliphatic carbocycles. The molecule has 0 rings (SSSR count). The van der Waals surface area contributed by atoms with Crippen LogP contribution in [0.25, 0.3) is 0 Å². The summed E-state index contributed by atoms with van der Waals surface area (Å²) in [4.78, 5) is 0. The summed E-state index contributed by atoms with van der Waals surface area (Å²) >= 11 is 3.86. The molecule has 0 aromatic carbocycles. The van der Waals surface area contributed by atoms with Crippen LogP contribution in [-0.4, -0.2) is 6.54 Å². The second kappa shape index (κ2) is 9.79. The molecule has 0 saturated carbocycles. The van der Waals surface area contributed by atoms with E-state index in [1.54, 1.807) is 11.5 Å². The van der Waals surface area contributed by atoms with Crippen molar-refractivity contribution in [3.8, 4) is 0 Å². The average molecular weight is 173 g/mol. The van der Waals surface area contributed by atoms with Crippen molar-refractivity contribution < 1.29 is 0 Å². The fourth-order valence-corrected chi connectivity index (χ4v) is 0.400. The van der Waals surface area contributed by atoms with Gasteiger partial charge in [-0.25, -0.2) is 0 Å². The molecule has 0 radical (unpaired) electrons. The molecule has 0 amide bonds. The predicted octanol–water partition coefficient (Wildman–Crippen LogP) is 2.61. The molecule has 0 aliphatic rings. The molecule has 66 valence electrons. The summed E-state index contributed by atoms with van der Waals surface area (Å²) < 4.78 is 0. The summed E-state index contributed by atoms with van der Waals surface area (Å²) in [6.45, 7) is 10.5. The van der Waals surface area contributed by atoms with E-state index in [4.69, 9.17) is 5.73 Å². The quantitative estimate of drug-likeness (QED) is 0.487. The minimum atomic E-state index is 0.521. The first-order valence-corrected chi connectivity index (χ1v) is 4.25. The van der Waals surface area contributed by atoms with Crippen LogP contribution in [0.2, 0.25) is 0 Å². The Morgan fingerprint density at radius 3 is 1.91 bits per heavy atom. The molecule has 0 saturated heterocycles. The van der Waals surface area contributed by atoms with E-state index in [0.717, 1.165) is 11.5 Å². The van der Waals surface area contributed by atoms with Crippen LogP contribution in [0, 0.1) is 5.92 Å². The Kier molecular flexibility index (Phi) is 11.9. The van der Waals surface area contributed by atoms with Gasteiger partial charge in [-0.3, -0.25) is 0 Å². The van der Waals surface area contributed by atoms with Gasteiger partial charge < -0.3 is 5.73 Å². The van der Waals surface area contributed by atoms with Gasteiger partial charge in [0.1, 0.15) is 0 Å². The van der Waals surface area contributed by atoms with Gasteiger partial charge in [0.2, 0.25) is 0 Å². The number of hydrogen-bond donors (Lipinski definition) is 2. The molecule has 0 unspecified atom stereocenters. The standard InChI is InChI=1S/C5H9NS.C4H10/c1-2-5(3-6)4-7;1-4(2)3/h2,4,7H,1,3,6H2;4H,1-3H3/b5-4+;. The second-order valence-corrected chi connectivity index (χ2v) is 3.10. The van der Waals surface area contributed by atoms with Gasteiger partial charge in [0, 0.05) is 6.54 Å². The van der Waals surface area contributed by atoms with Crippen molar-refractivity contribution in [2.24, 2.45) is 11.7 Å². The largest absolute Gasteiger partial charge is 0.326 e. The van der Waals surface area contributed by atoms with Gasteiger partial charge in [-0.2, -0.15) is 12.6 Å². The zero-order chi connectivity index (χ0) is 9.28. The molecule has 0 spiro atoms. The molecule has 0 aromatic rings. The highest BCUT2D eigenvalue weighted by atomic mass is 32.1. The van der Waals surface area contributed by atoms with Crippen LogP contribution < -0.4 is 5.73 Å². The Hall–Kier alpha value is -0.210. The van der Waals surface area contributed by atoms with Gasteiger partial charge in [0.05, 0.1) is 0 Å². The van der Waals surface area contributed by atoms with Crippen LogP contribution in [0.4, 0.5) is 0 Å². The first kappa shape index (κ1) is 13.4. The van der Waals surface area contributed by atoms with Gasteiger partial charge in [-0.15, -0.1) is 0 Å². The SMILES string of the molecule is C=C/C(=C\S)CN.CC(C)C. The molecular weight excluding hydrogens is 154 g/mol. The smallest absolute Gasteiger partial charge is 0.0182 e. The Labute approximate surface area is 75.8 Å². The fourth-order valence-electron chi connectivity index (χ4n) is 0.189. The molecule has 2 heteroatoms. The summed E-state index contributed by atoms with van der Waals surface area (Å²) in [7, 11) is 0. The van der Waals surface area contributed by atoms with Crippen LogP contribution in [0.15, 0.2) is 23.6 Å². The van der Waals surface area contributed by atoms with Gasteiger partial charge in [-0.1, -0.05) is 33.4 Å². The maximum Gasteiger partial charge on any atom is 0.0182 e. The third-order valence-electron chi connectivity index (χ3n) is 0.664. The van der Waals surface area contributed by atoms with Gasteiger partial charge in [-0.05, 0) is 16.9 Å². The van der Waals surface area contributed by atoms with Crippen LogP contribution in [0.5, 0.6) is 0 Å². The monoisotopic (exact) mass is 173 g/mol. The van der Waals surface area contributed by atoms with E-state index in [1.165, 1.54) is 0 Å². The van der Waals surface area contributed by atoms with Gasteiger partial charge in [0.15, 0.2) is 0 Å². The normalized spacial score (nSPS) is 10.5. The number of hydrogen-bond acceptors (Lipinski definition) is 2. The van der Waals surface area contributed by atoms with Crippen LogP contribution >= 0.6 is 12.6 Å². The highest BCUT2D eigenvalue weighted by molar-refractivity contribution is 7.83. The summed E-state index contributed by atoms with van der Waals surface area (Å²) in [5.41, 5.74) is 6.17. The van der Waals surface area contributed by atoms with Crippen LogP contribution in [-0.2, 0) is 0 Å². The number of rotatable bonds is 2. The minimum Gasteiger partial charge on any atom is -0.326 e. The van der Waals surface area contributed by atoms with E-state index in [0.29, 0.717) is 6.54 Å².